The second-order valence-corrected chi connectivity index (χ2v) is 11.4. The van der Waals surface area contributed by atoms with Crippen molar-refractivity contribution in [3.8, 4) is 5.75 Å². The minimum atomic E-state index is -5.27. The third kappa shape index (κ3) is 6.83. The molecule has 2 fully saturated rings. The van der Waals surface area contributed by atoms with Crippen LogP contribution in [0, 0.1) is 47.1 Å². The second kappa shape index (κ2) is 11.6. The van der Waals surface area contributed by atoms with Gasteiger partial charge >= 0.3 is 12.3 Å². The topological polar surface area (TPSA) is 9.23 Å². The van der Waals surface area contributed by atoms with Crippen LogP contribution in [0.4, 0.5) is 30.7 Å². The van der Waals surface area contributed by atoms with Gasteiger partial charge < -0.3 is 4.74 Å². The molecule has 4 rings (SSSR count). The highest BCUT2D eigenvalue weighted by atomic mass is 19.4. The van der Waals surface area contributed by atoms with E-state index < -0.39 is 41.2 Å². The highest BCUT2D eigenvalue weighted by Crippen LogP contribution is 2.46. The van der Waals surface area contributed by atoms with Crippen molar-refractivity contribution in [3.63, 3.8) is 0 Å². The zero-order valence-corrected chi connectivity index (χ0v) is 21.3. The Morgan fingerprint density at radius 1 is 0.730 bits per heavy atom. The molecule has 3 aliphatic rings. The standard InChI is InChI=1S/C29H37F7O/c1-2-3-18-4-6-19(7-5-18)20-8-10-21(11-9-20)22-12-14-23(15-13-22)29(35,36)37-24-16-25(30)27(26(31)17-24)28(32,33)34/h8,10,16-23H,2-7,9,11-15H2,1H3. The summed E-state index contributed by atoms with van der Waals surface area (Å²) in [4.78, 5) is 0. The van der Waals surface area contributed by atoms with Gasteiger partial charge in [-0.05, 0) is 81.0 Å². The monoisotopic (exact) mass is 534 g/mol. The Labute approximate surface area is 214 Å². The molecule has 1 aromatic carbocycles. The maximum atomic E-state index is 14.8. The van der Waals surface area contributed by atoms with Crippen LogP contribution in [-0.2, 0) is 6.18 Å². The van der Waals surface area contributed by atoms with Gasteiger partial charge in [-0.1, -0.05) is 44.8 Å². The molecule has 0 amide bonds. The van der Waals surface area contributed by atoms with Gasteiger partial charge in [-0.15, -0.1) is 0 Å². The molecule has 1 nitrogen and oxygen atoms in total. The highest BCUT2D eigenvalue weighted by molar-refractivity contribution is 5.32. The Morgan fingerprint density at radius 3 is 1.65 bits per heavy atom. The SMILES string of the molecule is CCCC1CCC(C2C=CC(C3CCC(C(F)(F)Oc4cc(F)c(C(F)(F)F)c(F)c4)CC3)CC2)CC1. The summed E-state index contributed by atoms with van der Waals surface area (Å²) in [5.74, 6) is -3.09. The summed E-state index contributed by atoms with van der Waals surface area (Å²) in [7, 11) is 0. The number of halogens is 7. The molecule has 0 aromatic heterocycles. The highest BCUT2D eigenvalue weighted by Gasteiger charge is 2.46. The molecule has 0 bridgehead atoms. The predicted molar refractivity (Wildman–Crippen MR) is 128 cm³/mol. The average molecular weight is 535 g/mol. The van der Waals surface area contributed by atoms with E-state index >= 15 is 0 Å². The Bertz CT molecular complexity index is 902. The Hall–Kier alpha value is -1.73. The van der Waals surface area contributed by atoms with E-state index in [1.165, 1.54) is 38.5 Å². The number of hydrogen-bond acceptors (Lipinski definition) is 1. The van der Waals surface area contributed by atoms with E-state index in [0.717, 1.165) is 24.7 Å². The summed E-state index contributed by atoms with van der Waals surface area (Å²) >= 11 is 0. The lowest BCUT2D eigenvalue weighted by Crippen LogP contribution is -2.38. The molecule has 0 aliphatic heterocycles. The van der Waals surface area contributed by atoms with Crippen molar-refractivity contribution in [2.75, 3.05) is 0 Å². The fourth-order valence-corrected chi connectivity index (χ4v) is 6.97. The van der Waals surface area contributed by atoms with Gasteiger partial charge in [-0.2, -0.15) is 22.0 Å². The Kier molecular flexibility index (Phi) is 8.84. The van der Waals surface area contributed by atoms with Gasteiger partial charge in [-0.25, -0.2) is 8.78 Å². The number of rotatable bonds is 7. The van der Waals surface area contributed by atoms with Gasteiger partial charge in [0.25, 0.3) is 0 Å². The molecule has 2 unspecified atom stereocenters. The lowest BCUT2D eigenvalue weighted by atomic mass is 9.68. The molecule has 37 heavy (non-hydrogen) atoms. The fourth-order valence-electron chi connectivity index (χ4n) is 6.97. The van der Waals surface area contributed by atoms with Gasteiger partial charge in [0, 0.05) is 12.1 Å². The smallest absolute Gasteiger partial charge is 0.422 e. The van der Waals surface area contributed by atoms with E-state index in [4.69, 9.17) is 0 Å². The van der Waals surface area contributed by atoms with Gasteiger partial charge in [-0.3, -0.25) is 0 Å². The summed E-state index contributed by atoms with van der Waals surface area (Å²) in [6.07, 6.45) is 7.34. The summed E-state index contributed by atoms with van der Waals surface area (Å²) in [6, 6.07) is 0.343. The van der Waals surface area contributed by atoms with E-state index in [2.05, 4.69) is 23.8 Å². The minimum Gasteiger partial charge on any atom is -0.432 e. The lowest BCUT2D eigenvalue weighted by molar-refractivity contribution is -0.224. The summed E-state index contributed by atoms with van der Waals surface area (Å²) in [5.41, 5.74) is -2.12. The van der Waals surface area contributed by atoms with Crippen LogP contribution in [0.3, 0.4) is 0 Å². The largest absolute Gasteiger partial charge is 0.432 e. The van der Waals surface area contributed by atoms with Crippen molar-refractivity contribution in [2.45, 2.75) is 96.3 Å². The first-order chi connectivity index (χ1) is 17.5. The van der Waals surface area contributed by atoms with Crippen molar-refractivity contribution in [3.05, 3.63) is 41.5 Å². The van der Waals surface area contributed by atoms with Crippen LogP contribution in [0.15, 0.2) is 24.3 Å². The maximum Gasteiger partial charge on any atom is 0.422 e. The number of ether oxygens (including phenoxy) is 1. The van der Waals surface area contributed by atoms with E-state index in [0.29, 0.717) is 30.6 Å². The summed E-state index contributed by atoms with van der Waals surface area (Å²) in [6.45, 7) is 2.25. The van der Waals surface area contributed by atoms with E-state index in [-0.39, 0.29) is 25.0 Å². The number of benzene rings is 1. The van der Waals surface area contributed by atoms with Crippen molar-refractivity contribution < 1.29 is 35.5 Å². The zero-order chi connectivity index (χ0) is 26.8. The summed E-state index contributed by atoms with van der Waals surface area (Å²) < 4.78 is 99.9. The van der Waals surface area contributed by atoms with Gasteiger partial charge in [0.05, 0.1) is 5.92 Å². The van der Waals surface area contributed by atoms with Gasteiger partial charge in [0.2, 0.25) is 0 Å². The molecule has 0 heterocycles. The minimum absolute atomic E-state index is 0.172. The number of alkyl halides is 5. The lowest BCUT2D eigenvalue weighted by Gasteiger charge is -2.39. The molecule has 8 heteroatoms. The van der Waals surface area contributed by atoms with Crippen molar-refractivity contribution in [1.29, 1.82) is 0 Å². The van der Waals surface area contributed by atoms with Crippen molar-refractivity contribution in [1.82, 2.24) is 0 Å². The van der Waals surface area contributed by atoms with Crippen LogP contribution in [-0.4, -0.2) is 6.11 Å². The first kappa shape index (κ1) is 28.3. The molecular formula is C29H37F7O. The van der Waals surface area contributed by atoms with E-state index in [1.54, 1.807) is 0 Å². The van der Waals surface area contributed by atoms with Crippen molar-refractivity contribution >= 4 is 0 Å². The molecule has 1 aromatic rings. The third-order valence-electron chi connectivity index (χ3n) is 9.04. The molecule has 0 saturated heterocycles. The van der Waals surface area contributed by atoms with Crippen LogP contribution >= 0.6 is 0 Å². The number of hydrogen-bond donors (Lipinski definition) is 0. The average Bonchev–Trinajstić information content (AvgIpc) is 2.83. The molecule has 0 radical (unpaired) electrons. The number of allylic oxidation sites excluding steroid dienone is 2. The quantitative estimate of drug-likeness (QED) is 0.250. The van der Waals surface area contributed by atoms with E-state index in [9.17, 15) is 30.7 Å². The Morgan fingerprint density at radius 2 is 1.22 bits per heavy atom. The third-order valence-corrected chi connectivity index (χ3v) is 9.04. The van der Waals surface area contributed by atoms with Crippen LogP contribution in [0.25, 0.3) is 0 Å². The molecule has 0 N–H and O–H groups in total. The molecule has 2 atom stereocenters. The summed E-state index contributed by atoms with van der Waals surface area (Å²) in [5, 5.41) is 0. The first-order valence-electron chi connectivity index (χ1n) is 13.8. The molecule has 208 valence electrons. The predicted octanol–water partition coefficient (Wildman–Crippen LogP) is 9.95. The maximum absolute atomic E-state index is 14.8. The van der Waals surface area contributed by atoms with Crippen LogP contribution in [0.1, 0.15) is 89.5 Å². The zero-order valence-electron chi connectivity index (χ0n) is 21.3. The van der Waals surface area contributed by atoms with E-state index in [1.807, 2.05) is 0 Å². The van der Waals surface area contributed by atoms with Crippen LogP contribution in [0.5, 0.6) is 5.75 Å². The van der Waals surface area contributed by atoms with Gasteiger partial charge in [0.15, 0.2) is 0 Å². The Balaban J connectivity index is 1.28. The molecule has 3 aliphatic carbocycles. The van der Waals surface area contributed by atoms with Crippen molar-refractivity contribution in [2.24, 2.45) is 35.5 Å². The molecule has 0 spiro atoms. The van der Waals surface area contributed by atoms with Crippen LogP contribution in [0.2, 0.25) is 0 Å². The molecule has 2 saturated carbocycles. The normalized spacial score (nSPS) is 31.4. The second-order valence-electron chi connectivity index (χ2n) is 11.4. The first-order valence-corrected chi connectivity index (χ1v) is 13.8. The van der Waals surface area contributed by atoms with Crippen LogP contribution < -0.4 is 4.74 Å². The fraction of sp³-hybridized carbons (Fsp3) is 0.724. The molecular weight excluding hydrogens is 497 g/mol. The van der Waals surface area contributed by atoms with Gasteiger partial charge in [0.1, 0.15) is 22.9 Å².